The van der Waals surface area contributed by atoms with Crippen LogP contribution < -0.4 is 0 Å². The molecule has 0 bridgehead atoms. The van der Waals surface area contributed by atoms with Crippen molar-refractivity contribution in [2.24, 2.45) is 0 Å². The highest BCUT2D eigenvalue weighted by Gasteiger charge is 1.85. The number of nitrogens with zero attached hydrogens (tertiary/aromatic N) is 2. The van der Waals surface area contributed by atoms with E-state index in [1.54, 1.807) is 12.4 Å². The van der Waals surface area contributed by atoms with Gasteiger partial charge in [-0.2, -0.15) is 0 Å². The second-order valence-electron chi connectivity index (χ2n) is 1.48. The molecule has 56 valence electrons. The van der Waals surface area contributed by atoms with Crippen LogP contribution in [-0.2, 0) is 0 Å². The predicted octanol–water partition coefficient (Wildman–Crippen LogP) is 2.57. The Bertz CT molecular complexity index is 171. The fraction of sp³-hybridized carbons (Fsp3) is 0.429. The molecule has 0 unspecified atom stereocenters. The number of aryl methyl sites for hydroxylation is 1. The molecule has 0 spiro atoms. The zero-order chi connectivity index (χ0) is 7.98. The van der Waals surface area contributed by atoms with E-state index in [0.29, 0.717) is 0 Å². The van der Waals surface area contributed by atoms with E-state index in [1.165, 1.54) is 0 Å². The third kappa shape index (κ3) is 3.56. The third-order valence-corrected chi connectivity index (χ3v) is 1.11. The molecule has 1 aromatic rings. The van der Waals surface area contributed by atoms with Gasteiger partial charge in [-0.3, -0.25) is 4.98 Å². The Morgan fingerprint density at radius 3 is 2.20 bits per heavy atom. The first-order valence-corrected chi connectivity index (χ1v) is 4.02. The van der Waals surface area contributed by atoms with Crippen molar-refractivity contribution in [3.05, 3.63) is 22.7 Å². The quantitative estimate of drug-likeness (QED) is 0.647. The van der Waals surface area contributed by atoms with E-state index in [4.69, 9.17) is 0 Å². The minimum atomic E-state index is 0.789. The van der Waals surface area contributed by atoms with E-state index < -0.39 is 0 Å². The summed E-state index contributed by atoms with van der Waals surface area (Å²) in [6, 6.07) is 0. The van der Waals surface area contributed by atoms with Gasteiger partial charge >= 0.3 is 0 Å². The number of aromatic nitrogens is 2. The average molecular weight is 203 g/mol. The first kappa shape index (κ1) is 9.56. The molecule has 0 atom stereocenters. The fourth-order valence-corrected chi connectivity index (χ4v) is 0.831. The summed E-state index contributed by atoms with van der Waals surface area (Å²) < 4.78 is 0.789. The highest BCUT2D eigenvalue weighted by molar-refractivity contribution is 9.10. The normalized spacial score (nSPS) is 8.00. The Morgan fingerprint density at radius 1 is 1.30 bits per heavy atom. The van der Waals surface area contributed by atoms with Crippen molar-refractivity contribution < 1.29 is 0 Å². The molecule has 0 radical (unpaired) electrons. The van der Waals surface area contributed by atoms with Crippen molar-refractivity contribution in [1.82, 2.24) is 9.97 Å². The zero-order valence-corrected chi connectivity index (χ0v) is 8.01. The topological polar surface area (TPSA) is 25.8 Å². The SMILES string of the molecule is CC.Cc1cncc(Br)n1. The first-order valence-electron chi connectivity index (χ1n) is 3.23. The molecule has 0 aliphatic heterocycles. The van der Waals surface area contributed by atoms with Crippen LogP contribution in [0.5, 0.6) is 0 Å². The number of halogens is 1. The Labute approximate surface area is 69.8 Å². The van der Waals surface area contributed by atoms with E-state index in [2.05, 4.69) is 25.9 Å². The van der Waals surface area contributed by atoms with Gasteiger partial charge < -0.3 is 0 Å². The summed E-state index contributed by atoms with van der Waals surface area (Å²) in [4.78, 5) is 7.90. The van der Waals surface area contributed by atoms with Crippen LogP contribution in [0.2, 0.25) is 0 Å². The van der Waals surface area contributed by atoms with Gasteiger partial charge in [0, 0.05) is 6.20 Å². The highest BCUT2D eigenvalue weighted by atomic mass is 79.9. The number of rotatable bonds is 0. The molecule has 1 aromatic heterocycles. The molecule has 2 nitrogen and oxygen atoms in total. The molecule has 0 N–H and O–H groups in total. The van der Waals surface area contributed by atoms with Gasteiger partial charge in [0.25, 0.3) is 0 Å². The molecule has 10 heavy (non-hydrogen) atoms. The summed E-state index contributed by atoms with van der Waals surface area (Å²) in [5, 5.41) is 0. The van der Waals surface area contributed by atoms with Gasteiger partial charge in [0.15, 0.2) is 0 Å². The molecule has 1 rings (SSSR count). The van der Waals surface area contributed by atoms with Gasteiger partial charge in [0.05, 0.1) is 11.9 Å². The largest absolute Gasteiger partial charge is 0.260 e. The Morgan fingerprint density at radius 2 is 1.90 bits per heavy atom. The molecule has 0 fully saturated rings. The van der Waals surface area contributed by atoms with E-state index in [-0.39, 0.29) is 0 Å². The Balaban J connectivity index is 0.000000371. The van der Waals surface area contributed by atoms with Gasteiger partial charge in [-0.1, -0.05) is 13.8 Å². The molecular formula is C7H11BrN2. The lowest BCUT2D eigenvalue weighted by molar-refractivity contribution is 1.09. The first-order chi connectivity index (χ1) is 4.79. The maximum absolute atomic E-state index is 4.03. The summed E-state index contributed by atoms with van der Waals surface area (Å²) in [5.74, 6) is 0. The lowest BCUT2D eigenvalue weighted by Gasteiger charge is -1.87. The summed E-state index contributed by atoms with van der Waals surface area (Å²) in [5.41, 5.74) is 0.930. The maximum Gasteiger partial charge on any atom is 0.124 e. The van der Waals surface area contributed by atoms with Gasteiger partial charge in [-0.05, 0) is 22.9 Å². The average Bonchev–Trinajstić information content (AvgIpc) is 1.91. The zero-order valence-electron chi connectivity index (χ0n) is 6.43. The minimum absolute atomic E-state index is 0.789. The van der Waals surface area contributed by atoms with Crippen LogP contribution in [0.15, 0.2) is 17.0 Å². The molecule has 0 aliphatic rings. The molecule has 0 aromatic carbocycles. The van der Waals surface area contributed by atoms with Gasteiger partial charge in [-0.15, -0.1) is 0 Å². The molecule has 1 heterocycles. The van der Waals surface area contributed by atoms with Crippen molar-refractivity contribution in [1.29, 1.82) is 0 Å². The molecule has 0 amide bonds. The van der Waals surface area contributed by atoms with Crippen LogP contribution in [0.25, 0.3) is 0 Å². The summed E-state index contributed by atoms with van der Waals surface area (Å²) in [7, 11) is 0. The molecular weight excluding hydrogens is 192 g/mol. The van der Waals surface area contributed by atoms with Gasteiger partial charge in [0.2, 0.25) is 0 Å². The second kappa shape index (κ2) is 5.35. The predicted molar refractivity (Wildman–Crippen MR) is 45.8 cm³/mol. The maximum atomic E-state index is 4.03. The van der Waals surface area contributed by atoms with Crippen LogP contribution >= 0.6 is 15.9 Å². The van der Waals surface area contributed by atoms with E-state index in [0.717, 1.165) is 10.3 Å². The van der Waals surface area contributed by atoms with Crippen molar-refractivity contribution in [3.63, 3.8) is 0 Å². The Kier molecular flexibility index (Phi) is 5.12. The highest BCUT2D eigenvalue weighted by Crippen LogP contribution is 2.01. The summed E-state index contributed by atoms with van der Waals surface area (Å²) >= 11 is 3.19. The van der Waals surface area contributed by atoms with Gasteiger partial charge in [0.1, 0.15) is 4.60 Å². The lowest BCUT2D eigenvalue weighted by atomic mass is 10.5. The van der Waals surface area contributed by atoms with Crippen LogP contribution in [0.4, 0.5) is 0 Å². The lowest BCUT2D eigenvalue weighted by Crippen LogP contribution is -1.81. The van der Waals surface area contributed by atoms with Crippen LogP contribution in [0.1, 0.15) is 19.5 Å². The number of hydrogen-bond acceptors (Lipinski definition) is 2. The van der Waals surface area contributed by atoms with Crippen LogP contribution in [0, 0.1) is 6.92 Å². The molecule has 0 saturated heterocycles. The van der Waals surface area contributed by atoms with Crippen molar-refractivity contribution in [3.8, 4) is 0 Å². The van der Waals surface area contributed by atoms with Crippen molar-refractivity contribution >= 4 is 15.9 Å². The smallest absolute Gasteiger partial charge is 0.124 e. The summed E-state index contributed by atoms with van der Waals surface area (Å²) in [6.45, 7) is 5.90. The fourth-order valence-electron chi connectivity index (χ4n) is 0.433. The minimum Gasteiger partial charge on any atom is -0.260 e. The second-order valence-corrected chi connectivity index (χ2v) is 2.30. The van der Waals surface area contributed by atoms with E-state index >= 15 is 0 Å². The van der Waals surface area contributed by atoms with Crippen molar-refractivity contribution in [2.75, 3.05) is 0 Å². The molecule has 0 aliphatic carbocycles. The van der Waals surface area contributed by atoms with Crippen LogP contribution in [0.3, 0.4) is 0 Å². The Hall–Kier alpha value is -0.440. The van der Waals surface area contributed by atoms with Gasteiger partial charge in [-0.25, -0.2) is 4.98 Å². The van der Waals surface area contributed by atoms with Crippen LogP contribution in [-0.4, -0.2) is 9.97 Å². The van der Waals surface area contributed by atoms with Crippen molar-refractivity contribution in [2.45, 2.75) is 20.8 Å². The standard InChI is InChI=1S/C5H5BrN2.C2H6/c1-4-2-7-3-5(6)8-4;1-2/h2-3H,1H3;1-2H3. The number of hydrogen-bond donors (Lipinski definition) is 0. The monoisotopic (exact) mass is 202 g/mol. The molecule has 0 saturated carbocycles. The van der Waals surface area contributed by atoms with E-state index in [1.807, 2.05) is 20.8 Å². The molecule has 3 heteroatoms. The van der Waals surface area contributed by atoms with E-state index in [9.17, 15) is 0 Å². The third-order valence-electron chi connectivity index (χ3n) is 0.726. The summed E-state index contributed by atoms with van der Waals surface area (Å²) in [6.07, 6.45) is 3.37.